The Morgan fingerprint density at radius 1 is 1.44 bits per heavy atom. The molecule has 0 aliphatic carbocycles. The molecular formula is C11H13ClN4O2. The number of halogens is 1. The molecule has 7 heteroatoms. The lowest BCUT2D eigenvalue weighted by Gasteiger charge is -2.12. The Bertz CT molecular complexity index is 526. The Labute approximate surface area is 109 Å². The third-order valence-electron chi connectivity index (χ3n) is 2.54. The summed E-state index contributed by atoms with van der Waals surface area (Å²) in [5, 5.41) is 22.4. The lowest BCUT2D eigenvalue weighted by Crippen LogP contribution is -2.11. The van der Waals surface area contributed by atoms with Crippen LogP contribution in [0.2, 0.25) is 5.02 Å². The van der Waals surface area contributed by atoms with Gasteiger partial charge >= 0.3 is 0 Å². The molecule has 2 rings (SSSR count). The average molecular weight is 269 g/mol. The van der Waals surface area contributed by atoms with Gasteiger partial charge in [0.1, 0.15) is 6.10 Å². The van der Waals surface area contributed by atoms with E-state index in [1.165, 1.54) is 13.3 Å². The third-order valence-corrected chi connectivity index (χ3v) is 2.83. The molecule has 0 fully saturated rings. The van der Waals surface area contributed by atoms with Crippen molar-refractivity contribution in [2.45, 2.75) is 19.6 Å². The van der Waals surface area contributed by atoms with E-state index in [2.05, 4.69) is 15.3 Å². The maximum Gasteiger partial charge on any atom is 0.233 e. The maximum absolute atomic E-state index is 10.2. The molecule has 96 valence electrons. The predicted octanol–water partition coefficient (Wildman–Crippen LogP) is 1.44. The second-order valence-electron chi connectivity index (χ2n) is 3.60. The summed E-state index contributed by atoms with van der Waals surface area (Å²) in [5.41, 5.74) is 0.909. The predicted molar refractivity (Wildman–Crippen MR) is 65.6 cm³/mol. The van der Waals surface area contributed by atoms with E-state index < -0.39 is 6.10 Å². The first-order valence-corrected chi connectivity index (χ1v) is 5.82. The molecule has 2 aromatic rings. The second-order valence-corrected chi connectivity index (χ2v) is 4.00. The highest BCUT2D eigenvalue weighted by Crippen LogP contribution is 2.27. The van der Waals surface area contributed by atoms with E-state index in [-0.39, 0.29) is 0 Å². The van der Waals surface area contributed by atoms with Gasteiger partial charge in [-0.2, -0.15) is 5.10 Å². The minimum absolute atomic E-state index is 0.390. The van der Waals surface area contributed by atoms with Crippen molar-refractivity contribution in [2.24, 2.45) is 0 Å². The number of aromatic nitrogens is 4. The largest absolute Gasteiger partial charge is 0.480 e. The molecule has 1 N–H and O–H groups in total. The first-order valence-electron chi connectivity index (χ1n) is 5.44. The first kappa shape index (κ1) is 12.8. The van der Waals surface area contributed by atoms with Crippen molar-refractivity contribution >= 4 is 11.6 Å². The highest BCUT2D eigenvalue weighted by molar-refractivity contribution is 6.31. The number of rotatable bonds is 4. The Morgan fingerprint density at radius 3 is 2.78 bits per heavy atom. The molecule has 0 aliphatic rings. The molecule has 6 nitrogen and oxygen atoms in total. The van der Waals surface area contributed by atoms with Gasteiger partial charge in [-0.05, 0) is 13.0 Å². The quantitative estimate of drug-likeness (QED) is 0.908. The van der Waals surface area contributed by atoms with Crippen LogP contribution in [-0.2, 0) is 6.54 Å². The lowest BCUT2D eigenvalue weighted by molar-refractivity contribution is 0.201. The van der Waals surface area contributed by atoms with Crippen molar-refractivity contribution in [1.82, 2.24) is 20.0 Å². The fourth-order valence-corrected chi connectivity index (χ4v) is 1.87. The summed E-state index contributed by atoms with van der Waals surface area (Å²) in [6.07, 6.45) is 0.541. The van der Waals surface area contributed by atoms with E-state index in [4.69, 9.17) is 16.3 Å². The first-order chi connectivity index (χ1) is 8.67. The van der Waals surface area contributed by atoms with E-state index in [9.17, 15) is 5.11 Å². The van der Waals surface area contributed by atoms with Crippen molar-refractivity contribution < 1.29 is 9.84 Å². The fourth-order valence-electron chi connectivity index (χ4n) is 1.62. The number of methoxy groups -OCH3 is 1. The molecule has 0 aliphatic heterocycles. The Hall–Kier alpha value is -1.66. The SMILES string of the molecule is CCn1ncc(Cl)c1C(O)c1ccc(OC)nn1. The number of aliphatic hydroxyl groups excluding tert-OH is 1. The van der Waals surface area contributed by atoms with Crippen LogP contribution < -0.4 is 4.74 Å². The van der Waals surface area contributed by atoms with Crippen molar-refractivity contribution in [2.75, 3.05) is 7.11 Å². The molecule has 0 amide bonds. The van der Waals surface area contributed by atoms with E-state index in [0.717, 1.165) is 0 Å². The number of aliphatic hydroxyl groups is 1. The maximum atomic E-state index is 10.2. The summed E-state index contributed by atoms with van der Waals surface area (Å²) < 4.78 is 6.53. The smallest absolute Gasteiger partial charge is 0.233 e. The van der Waals surface area contributed by atoms with Crippen molar-refractivity contribution in [3.05, 3.63) is 34.7 Å². The van der Waals surface area contributed by atoms with Gasteiger partial charge in [-0.3, -0.25) is 4.68 Å². The Morgan fingerprint density at radius 2 is 2.22 bits per heavy atom. The molecule has 2 aromatic heterocycles. The van der Waals surface area contributed by atoms with Crippen LogP contribution in [0.4, 0.5) is 0 Å². The molecule has 0 spiro atoms. The third kappa shape index (κ3) is 2.30. The fraction of sp³-hybridized carbons (Fsp3) is 0.364. The summed E-state index contributed by atoms with van der Waals surface area (Å²) in [4.78, 5) is 0. The number of hydrogen-bond donors (Lipinski definition) is 1. The van der Waals surface area contributed by atoms with Crippen LogP contribution in [0.5, 0.6) is 5.88 Å². The molecule has 0 aromatic carbocycles. The average Bonchev–Trinajstić information content (AvgIpc) is 2.79. The summed E-state index contributed by atoms with van der Waals surface area (Å²) in [6.45, 7) is 2.53. The van der Waals surface area contributed by atoms with Crippen LogP contribution >= 0.6 is 11.6 Å². The van der Waals surface area contributed by atoms with E-state index in [1.807, 2.05) is 6.92 Å². The van der Waals surface area contributed by atoms with Crippen molar-refractivity contribution in [1.29, 1.82) is 0 Å². The zero-order chi connectivity index (χ0) is 13.1. The zero-order valence-electron chi connectivity index (χ0n) is 10.0. The van der Waals surface area contributed by atoms with Crippen molar-refractivity contribution in [3.63, 3.8) is 0 Å². The summed E-state index contributed by atoms with van der Waals surface area (Å²) >= 11 is 6.01. The highest BCUT2D eigenvalue weighted by Gasteiger charge is 2.20. The normalized spacial score (nSPS) is 12.4. The highest BCUT2D eigenvalue weighted by atomic mass is 35.5. The monoisotopic (exact) mass is 268 g/mol. The van der Waals surface area contributed by atoms with Gasteiger partial charge in [0.25, 0.3) is 0 Å². The molecule has 1 atom stereocenters. The van der Waals surface area contributed by atoms with Gasteiger partial charge in [0.15, 0.2) is 0 Å². The molecule has 0 saturated heterocycles. The number of aryl methyl sites for hydroxylation is 1. The van der Waals surface area contributed by atoms with Crippen LogP contribution in [-0.4, -0.2) is 32.2 Å². The van der Waals surface area contributed by atoms with Crippen LogP contribution in [0.25, 0.3) is 0 Å². The molecule has 18 heavy (non-hydrogen) atoms. The molecule has 0 saturated carbocycles. The summed E-state index contributed by atoms with van der Waals surface area (Å²) in [7, 11) is 1.50. The van der Waals surface area contributed by atoms with E-state index in [1.54, 1.807) is 16.8 Å². The molecule has 2 heterocycles. The number of ether oxygens (including phenoxy) is 1. The van der Waals surface area contributed by atoms with Gasteiger partial charge in [0.05, 0.1) is 29.7 Å². The Balaban J connectivity index is 2.34. The Kier molecular flexibility index (Phi) is 3.78. The standard InChI is InChI=1S/C11H13ClN4O2/c1-3-16-10(7(12)6-13-16)11(17)8-4-5-9(18-2)15-14-8/h4-6,11,17H,3H2,1-2H3. The minimum atomic E-state index is -0.960. The van der Waals surface area contributed by atoms with Crippen molar-refractivity contribution in [3.8, 4) is 5.88 Å². The second kappa shape index (κ2) is 5.32. The number of nitrogens with zero attached hydrogens (tertiary/aromatic N) is 4. The van der Waals surface area contributed by atoms with Crippen LogP contribution in [0.1, 0.15) is 24.4 Å². The van der Waals surface area contributed by atoms with E-state index in [0.29, 0.717) is 28.8 Å². The molecule has 0 bridgehead atoms. The molecule has 0 radical (unpaired) electrons. The van der Waals surface area contributed by atoms with Crippen LogP contribution in [0.15, 0.2) is 18.3 Å². The van der Waals surface area contributed by atoms with Gasteiger partial charge in [0.2, 0.25) is 5.88 Å². The topological polar surface area (TPSA) is 73.1 Å². The van der Waals surface area contributed by atoms with Crippen LogP contribution in [0, 0.1) is 0 Å². The minimum Gasteiger partial charge on any atom is -0.480 e. The van der Waals surface area contributed by atoms with Gasteiger partial charge in [-0.1, -0.05) is 11.6 Å². The van der Waals surface area contributed by atoms with Gasteiger partial charge in [-0.25, -0.2) is 0 Å². The lowest BCUT2D eigenvalue weighted by atomic mass is 10.2. The summed E-state index contributed by atoms with van der Waals surface area (Å²) in [5.74, 6) is 0.390. The van der Waals surface area contributed by atoms with Gasteiger partial charge < -0.3 is 9.84 Å². The van der Waals surface area contributed by atoms with E-state index >= 15 is 0 Å². The zero-order valence-corrected chi connectivity index (χ0v) is 10.8. The van der Waals surface area contributed by atoms with Crippen LogP contribution in [0.3, 0.4) is 0 Å². The summed E-state index contributed by atoms with van der Waals surface area (Å²) in [6, 6.07) is 3.27. The van der Waals surface area contributed by atoms with Gasteiger partial charge in [-0.15, -0.1) is 10.2 Å². The molecule has 1 unspecified atom stereocenters. The van der Waals surface area contributed by atoms with Gasteiger partial charge in [0, 0.05) is 12.6 Å². The molecular weight excluding hydrogens is 256 g/mol. The number of hydrogen-bond acceptors (Lipinski definition) is 5.